The molecule has 0 saturated carbocycles. The first-order valence-corrected chi connectivity index (χ1v) is 8.72. The number of carbonyl (C=O) groups excluding carboxylic acids is 2. The topological polar surface area (TPSA) is 58.6 Å². The van der Waals surface area contributed by atoms with Gasteiger partial charge in [-0.3, -0.25) is 9.59 Å². The maximum atomic E-state index is 12.6. The highest BCUT2D eigenvalue weighted by molar-refractivity contribution is 5.88. The van der Waals surface area contributed by atoms with Crippen molar-refractivity contribution in [1.29, 1.82) is 0 Å². The molecule has 0 aromatic heterocycles. The van der Waals surface area contributed by atoms with E-state index in [9.17, 15) is 9.59 Å². The van der Waals surface area contributed by atoms with E-state index in [2.05, 4.69) is 5.32 Å². The highest BCUT2D eigenvalue weighted by atomic mass is 16.5. The minimum Gasteiger partial charge on any atom is -0.376 e. The zero-order valence-electron chi connectivity index (χ0n) is 14.8. The highest BCUT2D eigenvalue weighted by Gasteiger charge is 2.28. The predicted molar refractivity (Wildman–Crippen MR) is 93.3 cm³/mol. The van der Waals surface area contributed by atoms with E-state index in [4.69, 9.17) is 4.74 Å². The third kappa shape index (κ3) is 5.06. The van der Waals surface area contributed by atoms with Crippen LogP contribution in [-0.2, 0) is 20.9 Å². The first-order chi connectivity index (χ1) is 11.5. The Hall–Kier alpha value is -1.88. The van der Waals surface area contributed by atoms with Crippen molar-refractivity contribution >= 4 is 11.8 Å². The van der Waals surface area contributed by atoms with Crippen LogP contribution >= 0.6 is 0 Å². The van der Waals surface area contributed by atoms with Gasteiger partial charge in [0.2, 0.25) is 11.8 Å². The first-order valence-electron chi connectivity index (χ1n) is 8.72. The van der Waals surface area contributed by atoms with Crippen molar-refractivity contribution in [3.05, 3.63) is 35.9 Å². The van der Waals surface area contributed by atoms with Crippen LogP contribution in [0.4, 0.5) is 0 Å². The van der Waals surface area contributed by atoms with Crippen molar-refractivity contribution in [3.63, 3.8) is 0 Å². The van der Waals surface area contributed by atoms with E-state index in [1.54, 1.807) is 11.8 Å². The average Bonchev–Trinajstić information content (AvgIpc) is 3.10. The molecule has 24 heavy (non-hydrogen) atoms. The lowest BCUT2D eigenvalue weighted by Gasteiger charge is -2.30. The van der Waals surface area contributed by atoms with Crippen molar-refractivity contribution in [2.24, 2.45) is 5.92 Å². The molecule has 5 heteroatoms. The Bertz CT molecular complexity index is 539. The van der Waals surface area contributed by atoms with Gasteiger partial charge >= 0.3 is 0 Å². The van der Waals surface area contributed by atoms with Gasteiger partial charge in [0, 0.05) is 25.6 Å². The van der Waals surface area contributed by atoms with Gasteiger partial charge in [0.15, 0.2) is 0 Å². The largest absolute Gasteiger partial charge is 0.376 e. The Kier molecular flexibility index (Phi) is 6.79. The van der Waals surface area contributed by atoms with Crippen molar-refractivity contribution < 1.29 is 14.3 Å². The summed E-state index contributed by atoms with van der Waals surface area (Å²) in [5.41, 5.74) is 1.02. The lowest BCUT2D eigenvalue weighted by molar-refractivity contribution is -0.143. The van der Waals surface area contributed by atoms with Crippen LogP contribution in [0.1, 0.15) is 39.2 Å². The zero-order valence-corrected chi connectivity index (χ0v) is 14.8. The van der Waals surface area contributed by atoms with Crippen molar-refractivity contribution in [1.82, 2.24) is 10.2 Å². The summed E-state index contributed by atoms with van der Waals surface area (Å²) >= 11 is 0. The van der Waals surface area contributed by atoms with Crippen LogP contribution < -0.4 is 5.32 Å². The van der Waals surface area contributed by atoms with Gasteiger partial charge < -0.3 is 15.0 Å². The second-order valence-electron chi connectivity index (χ2n) is 6.66. The number of hydrogen-bond donors (Lipinski definition) is 1. The number of nitrogens with zero attached hydrogens (tertiary/aromatic N) is 1. The molecule has 2 rings (SSSR count). The SMILES string of the molecule is CC(C)C(=O)N(Cc1ccccc1)[C@@H](C)C(=O)NC[C@H]1CCCO1. The van der Waals surface area contributed by atoms with Crippen molar-refractivity contribution in [2.75, 3.05) is 13.2 Å². The van der Waals surface area contributed by atoms with Gasteiger partial charge in [-0.1, -0.05) is 44.2 Å². The van der Waals surface area contributed by atoms with Gasteiger partial charge in [0.25, 0.3) is 0 Å². The molecule has 0 unspecified atom stereocenters. The van der Waals surface area contributed by atoms with Gasteiger partial charge in [-0.2, -0.15) is 0 Å². The number of nitrogens with one attached hydrogen (secondary N) is 1. The van der Waals surface area contributed by atoms with Crippen LogP contribution in [0.3, 0.4) is 0 Å². The molecule has 1 saturated heterocycles. The van der Waals surface area contributed by atoms with E-state index in [1.807, 2.05) is 44.2 Å². The summed E-state index contributed by atoms with van der Waals surface area (Å²) < 4.78 is 5.53. The molecule has 2 amide bonds. The summed E-state index contributed by atoms with van der Waals surface area (Å²) in [6.45, 7) is 7.22. The highest BCUT2D eigenvalue weighted by Crippen LogP contribution is 2.14. The summed E-state index contributed by atoms with van der Waals surface area (Å²) in [7, 11) is 0. The quantitative estimate of drug-likeness (QED) is 0.834. The maximum absolute atomic E-state index is 12.6. The standard InChI is InChI=1S/C19H28N2O3/c1-14(2)19(23)21(13-16-8-5-4-6-9-16)15(3)18(22)20-12-17-10-7-11-24-17/h4-6,8-9,14-15,17H,7,10-13H2,1-3H3,(H,20,22)/t15-,17+/m0/s1. The van der Waals surface area contributed by atoms with E-state index in [-0.39, 0.29) is 23.8 Å². The Morgan fingerprint density at radius 2 is 1.96 bits per heavy atom. The van der Waals surface area contributed by atoms with Crippen LogP contribution in [0.15, 0.2) is 30.3 Å². The lowest BCUT2D eigenvalue weighted by atomic mass is 10.1. The summed E-state index contributed by atoms with van der Waals surface area (Å²) in [6.07, 6.45) is 2.12. The van der Waals surface area contributed by atoms with E-state index in [0.717, 1.165) is 25.0 Å². The summed E-state index contributed by atoms with van der Waals surface area (Å²) in [5.74, 6) is -0.295. The maximum Gasteiger partial charge on any atom is 0.242 e. The monoisotopic (exact) mass is 332 g/mol. The Morgan fingerprint density at radius 1 is 1.25 bits per heavy atom. The minimum absolute atomic E-state index is 0.0152. The second-order valence-corrected chi connectivity index (χ2v) is 6.66. The summed E-state index contributed by atoms with van der Waals surface area (Å²) in [5, 5.41) is 2.93. The van der Waals surface area contributed by atoms with Crippen molar-refractivity contribution in [2.45, 2.75) is 52.3 Å². The third-order valence-electron chi connectivity index (χ3n) is 4.35. The normalized spacial score (nSPS) is 18.4. The molecule has 1 heterocycles. The van der Waals surface area contributed by atoms with Gasteiger partial charge in [0.05, 0.1) is 6.10 Å². The third-order valence-corrected chi connectivity index (χ3v) is 4.35. The molecule has 1 fully saturated rings. The number of benzene rings is 1. The minimum atomic E-state index is -0.512. The van der Waals surface area contributed by atoms with Gasteiger partial charge in [-0.25, -0.2) is 0 Å². The fourth-order valence-electron chi connectivity index (χ4n) is 2.83. The first kappa shape index (κ1) is 18.5. The lowest BCUT2D eigenvalue weighted by Crippen LogP contribution is -2.50. The number of amides is 2. The van der Waals surface area contributed by atoms with E-state index < -0.39 is 6.04 Å². The van der Waals surface area contributed by atoms with Crippen molar-refractivity contribution in [3.8, 4) is 0 Å². The zero-order chi connectivity index (χ0) is 17.5. The fraction of sp³-hybridized carbons (Fsp3) is 0.579. The van der Waals surface area contributed by atoms with E-state index in [1.165, 1.54) is 0 Å². The van der Waals surface area contributed by atoms with Crippen LogP contribution in [0.2, 0.25) is 0 Å². The van der Waals surface area contributed by atoms with Crippen LogP contribution in [-0.4, -0.2) is 42.0 Å². The molecule has 0 aliphatic carbocycles. The number of ether oxygens (including phenoxy) is 1. The Balaban J connectivity index is 2.01. The van der Waals surface area contributed by atoms with Gasteiger partial charge in [-0.15, -0.1) is 0 Å². The second kappa shape index (κ2) is 8.83. The summed E-state index contributed by atoms with van der Waals surface area (Å²) in [4.78, 5) is 26.7. The molecule has 5 nitrogen and oxygen atoms in total. The predicted octanol–water partition coefficient (Wildman–Crippen LogP) is 2.35. The van der Waals surface area contributed by atoms with Crippen LogP contribution in [0.5, 0.6) is 0 Å². The molecule has 1 N–H and O–H groups in total. The van der Waals surface area contributed by atoms with Gasteiger partial charge in [0.1, 0.15) is 6.04 Å². The molecule has 0 spiro atoms. The average molecular weight is 332 g/mol. The number of carbonyl (C=O) groups is 2. The molecule has 0 radical (unpaired) electrons. The van der Waals surface area contributed by atoms with Crippen LogP contribution in [0.25, 0.3) is 0 Å². The number of rotatable bonds is 7. The fourth-order valence-corrected chi connectivity index (χ4v) is 2.83. The molecule has 1 aliphatic rings. The molecule has 1 aromatic rings. The molecular formula is C19H28N2O3. The molecular weight excluding hydrogens is 304 g/mol. The molecule has 1 aliphatic heterocycles. The Labute approximate surface area is 144 Å². The smallest absolute Gasteiger partial charge is 0.242 e. The Morgan fingerprint density at radius 3 is 2.54 bits per heavy atom. The molecule has 1 aromatic carbocycles. The molecule has 132 valence electrons. The van der Waals surface area contributed by atoms with Gasteiger partial charge in [-0.05, 0) is 25.3 Å². The van der Waals surface area contributed by atoms with E-state index in [0.29, 0.717) is 13.1 Å². The molecule has 0 bridgehead atoms. The van der Waals surface area contributed by atoms with E-state index >= 15 is 0 Å². The van der Waals surface area contributed by atoms with Crippen LogP contribution in [0, 0.1) is 5.92 Å². The molecule has 2 atom stereocenters. The summed E-state index contributed by atoms with van der Waals surface area (Å²) in [6, 6.07) is 9.25. The number of hydrogen-bond acceptors (Lipinski definition) is 3.